The van der Waals surface area contributed by atoms with Crippen molar-refractivity contribution in [3.63, 3.8) is 0 Å². The van der Waals surface area contributed by atoms with Crippen LogP contribution in [0.5, 0.6) is 0 Å². The van der Waals surface area contributed by atoms with Crippen LogP contribution in [0, 0.1) is 11.1 Å². The lowest BCUT2D eigenvalue weighted by atomic mass is 9.88. The van der Waals surface area contributed by atoms with Crippen LogP contribution >= 0.6 is 43.5 Å². The first-order valence-electron chi connectivity index (χ1n) is 12.7. The normalized spacial score (nSPS) is 18.4. The van der Waals surface area contributed by atoms with E-state index < -0.39 is 0 Å². The summed E-state index contributed by atoms with van der Waals surface area (Å²) < 4.78 is 2.62. The molecule has 1 aliphatic carbocycles. The fourth-order valence-corrected chi connectivity index (χ4v) is 7.43. The van der Waals surface area contributed by atoms with Gasteiger partial charge >= 0.3 is 6.03 Å². The first-order chi connectivity index (χ1) is 17.7. The Morgan fingerprint density at radius 2 is 1.68 bits per heavy atom. The third-order valence-corrected chi connectivity index (χ3v) is 9.10. The number of carbonyl (C=O) groups excluding carboxylic acids is 2. The summed E-state index contributed by atoms with van der Waals surface area (Å²) in [7, 11) is 0. The van der Waals surface area contributed by atoms with Gasteiger partial charge in [-0.15, -0.1) is 0 Å². The summed E-state index contributed by atoms with van der Waals surface area (Å²) in [6.45, 7) is 2.49. The molecule has 0 atom stereocenters. The molecule has 196 valence electrons. The smallest absolute Gasteiger partial charge is 0.314 e. The van der Waals surface area contributed by atoms with Crippen LogP contribution < -0.4 is 10.5 Å². The Bertz CT molecular complexity index is 1220. The predicted octanol–water partition coefficient (Wildman–Crippen LogP) is 5.20. The fraction of sp³-hybridized carbons (Fsp3) is 0.444. The molecule has 1 aromatic heterocycles. The summed E-state index contributed by atoms with van der Waals surface area (Å²) in [5.41, 5.74) is 11.4. The number of rotatable bonds is 2. The molecule has 10 heteroatoms. The summed E-state index contributed by atoms with van der Waals surface area (Å²) in [4.78, 5) is 28.1. The summed E-state index contributed by atoms with van der Waals surface area (Å²) in [6, 6.07) is 5.54. The summed E-state index contributed by atoms with van der Waals surface area (Å²) in [5, 5.41) is 13.9. The van der Waals surface area contributed by atoms with Crippen molar-refractivity contribution in [1.29, 1.82) is 0 Å². The molecule has 7 nitrogen and oxygen atoms in total. The van der Waals surface area contributed by atoms with E-state index in [1.54, 1.807) is 11.1 Å². The van der Waals surface area contributed by atoms with E-state index >= 15 is 0 Å². The maximum absolute atomic E-state index is 13.3. The molecule has 2 aromatic rings. The molecule has 2 fully saturated rings. The van der Waals surface area contributed by atoms with E-state index in [0.717, 1.165) is 61.6 Å². The van der Waals surface area contributed by atoms with Gasteiger partial charge in [0.2, 0.25) is 11.6 Å². The van der Waals surface area contributed by atoms with Crippen LogP contribution in [-0.4, -0.2) is 47.9 Å². The topological polar surface area (TPSA) is 93.6 Å². The lowest BCUT2D eigenvalue weighted by Gasteiger charge is -2.34. The monoisotopic (exact) mass is 650 g/mol. The number of primary amides is 1. The minimum Gasteiger partial charge on any atom is -0.618 e. The molecule has 0 radical (unpaired) electrons. The molecule has 3 aliphatic rings. The lowest BCUT2D eigenvalue weighted by molar-refractivity contribution is -0.609. The second-order valence-electron chi connectivity index (χ2n) is 10.1. The van der Waals surface area contributed by atoms with E-state index in [1.807, 2.05) is 23.1 Å². The highest BCUT2D eigenvalue weighted by molar-refractivity contribution is 9.10. The maximum Gasteiger partial charge on any atom is 0.314 e. The average Bonchev–Trinajstić information content (AvgIpc) is 3.02. The molecule has 2 aliphatic heterocycles. The molecule has 2 saturated heterocycles. The Labute approximate surface area is 238 Å². The Morgan fingerprint density at radius 1 is 1.00 bits per heavy atom. The Kier molecular flexibility index (Phi) is 7.84. The number of benzene rings is 1. The third kappa shape index (κ3) is 5.54. The number of amides is 3. The van der Waals surface area contributed by atoms with Gasteiger partial charge in [-0.1, -0.05) is 33.1 Å². The van der Waals surface area contributed by atoms with E-state index in [1.165, 1.54) is 5.57 Å². The van der Waals surface area contributed by atoms with Crippen molar-refractivity contribution < 1.29 is 14.3 Å². The number of aromatic nitrogens is 1. The molecular formula is C27H29Br2ClN4O3. The van der Waals surface area contributed by atoms with Crippen molar-refractivity contribution in [2.24, 2.45) is 11.7 Å². The van der Waals surface area contributed by atoms with Crippen LogP contribution in [0.15, 0.2) is 38.9 Å². The standard InChI is InChI=1S/C27H29Br2ClN4O3/c28-20-12-19-2-1-18-13-21(30)14-22(29)24(18)25(26(19)34(37)15-20)17-5-9-32(10-6-17)23(35)11-16-3-7-33(8-4-16)27(31)36/h12-16H,1-11H2,(H2,31,36). The number of hydrogen-bond donors (Lipinski definition) is 1. The largest absolute Gasteiger partial charge is 0.618 e. The van der Waals surface area contributed by atoms with Gasteiger partial charge in [-0.3, -0.25) is 4.79 Å². The zero-order valence-electron chi connectivity index (χ0n) is 20.4. The predicted molar refractivity (Wildman–Crippen MR) is 150 cm³/mol. The van der Waals surface area contributed by atoms with Crippen LogP contribution in [0.4, 0.5) is 4.79 Å². The van der Waals surface area contributed by atoms with Crippen LogP contribution in [0.2, 0.25) is 5.02 Å². The first kappa shape index (κ1) is 26.5. The van der Waals surface area contributed by atoms with Gasteiger partial charge in [0, 0.05) is 53.2 Å². The van der Waals surface area contributed by atoms with E-state index in [9.17, 15) is 14.8 Å². The number of piperidine rings is 2. The van der Waals surface area contributed by atoms with E-state index in [4.69, 9.17) is 17.3 Å². The molecule has 3 amide bonds. The SMILES string of the molecule is NC(=O)N1CCC(CC(=O)N2CCC(=C3c4c(Br)cc(Cl)cc4CCc4cc(Br)c[n+]([O-])c43)CC2)CC1. The van der Waals surface area contributed by atoms with E-state index in [0.29, 0.717) is 56.2 Å². The number of aryl methyl sites for hydroxylation is 2. The number of urea groups is 1. The quantitative estimate of drug-likeness (QED) is 0.357. The highest BCUT2D eigenvalue weighted by atomic mass is 79.9. The molecular weight excluding hydrogens is 624 g/mol. The van der Waals surface area contributed by atoms with Gasteiger partial charge in [0.1, 0.15) is 0 Å². The molecule has 0 spiro atoms. The van der Waals surface area contributed by atoms with Crippen molar-refractivity contribution in [2.75, 3.05) is 26.2 Å². The van der Waals surface area contributed by atoms with Gasteiger partial charge in [0.25, 0.3) is 0 Å². The minimum atomic E-state index is -0.385. The molecule has 0 unspecified atom stereocenters. The highest BCUT2D eigenvalue weighted by Gasteiger charge is 2.33. The van der Waals surface area contributed by atoms with Gasteiger partial charge in [-0.05, 0) is 84.1 Å². The fourth-order valence-electron chi connectivity index (χ4n) is 5.90. The highest BCUT2D eigenvalue weighted by Crippen LogP contribution is 2.42. The van der Waals surface area contributed by atoms with Crippen molar-refractivity contribution in [2.45, 2.75) is 44.9 Å². The zero-order chi connectivity index (χ0) is 26.3. The molecule has 1 aromatic carbocycles. The van der Waals surface area contributed by atoms with Crippen LogP contribution in [0.3, 0.4) is 0 Å². The molecule has 0 bridgehead atoms. The molecule has 3 heterocycles. The molecule has 37 heavy (non-hydrogen) atoms. The Morgan fingerprint density at radius 3 is 2.35 bits per heavy atom. The zero-order valence-corrected chi connectivity index (χ0v) is 24.4. The molecule has 0 saturated carbocycles. The first-order valence-corrected chi connectivity index (χ1v) is 14.6. The Hall–Kier alpha value is -2.10. The van der Waals surface area contributed by atoms with Crippen molar-refractivity contribution in [1.82, 2.24) is 9.80 Å². The van der Waals surface area contributed by atoms with Crippen LogP contribution in [0.1, 0.15) is 54.5 Å². The number of fused-ring (bicyclic) bond motifs is 2. The number of halogens is 3. The number of nitrogens with two attached hydrogens (primary N) is 1. The average molecular weight is 653 g/mol. The number of carbonyl (C=O) groups is 2. The van der Waals surface area contributed by atoms with Crippen molar-refractivity contribution in [3.8, 4) is 0 Å². The summed E-state index contributed by atoms with van der Waals surface area (Å²) in [6.07, 6.45) is 6.64. The second kappa shape index (κ2) is 10.9. The number of hydrogen-bond acceptors (Lipinski definition) is 3. The van der Waals surface area contributed by atoms with Gasteiger partial charge in [0.05, 0.1) is 10.0 Å². The summed E-state index contributed by atoms with van der Waals surface area (Å²) >= 11 is 13.6. The van der Waals surface area contributed by atoms with Crippen LogP contribution in [-0.2, 0) is 17.6 Å². The maximum atomic E-state index is 13.3. The van der Waals surface area contributed by atoms with Gasteiger partial charge < -0.3 is 20.7 Å². The third-order valence-electron chi connectivity index (χ3n) is 7.83. The second-order valence-corrected chi connectivity index (χ2v) is 12.3. The van der Waals surface area contributed by atoms with Gasteiger partial charge in [-0.2, -0.15) is 4.73 Å². The minimum absolute atomic E-state index is 0.166. The lowest BCUT2D eigenvalue weighted by Crippen LogP contribution is -2.43. The van der Waals surface area contributed by atoms with E-state index in [2.05, 4.69) is 31.9 Å². The summed E-state index contributed by atoms with van der Waals surface area (Å²) in [5.74, 6) is 0.445. The number of likely N-dealkylation sites (tertiary alicyclic amines) is 2. The van der Waals surface area contributed by atoms with Crippen LogP contribution in [0.25, 0.3) is 5.57 Å². The van der Waals surface area contributed by atoms with Gasteiger partial charge in [0.15, 0.2) is 6.20 Å². The van der Waals surface area contributed by atoms with Crippen molar-refractivity contribution >= 4 is 61.0 Å². The van der Waals surface area contributed by atoms with Gasteiger partial charge in [-0.25, -0.2) is 4.79 Å². The van der Waals surface area contributed by atoms with E-state index in [-0.39, 0.29) is 17.9 Å². The number of nitrogens with zero attached hydrogens (tertiary/aromatic N) is 3. The van der Waals surface area contributed by atoms with Crippen molar-refractivity contribution in [3.05, 3.63) is 71.5 Å². The molecule has 5 rings (SSSR count). The Balaban J connectivity index is 1.40. The molecule has 2 N–H and O–H groups in total. The number of pyridine rings is 1.